The average molecular weight is 218 g/mol. The largest absolute Gasteiger partial charge is 0.395 e. The molecule has 0 aliphatic carbocycles. The molecule has 0 heterocycles. The average Bonchev–Trinajstić information content (AvgIpc) is 2.20. The van der Waals surface area contributed by atoms with E-state index in [-0.39, 0.29) is 18.6 Å². The molecule has 15 heavy (non-hydrogen) atoms. The zero-order chi connectivity index (χ0) is 11.7. The van der Waals surface area contributed by atoms with Crippen molar-refractivity contribution in [1.29, 1.82) is 0 Å². The number of methoxy groups -OCH3 is 1. The highest BCUT2D eigenvalue weighted by atomic mass is 16.5. The summed E-state index contributed by atoms with van der Waals surface area (Å²) in [7, 11) is 1.59. The minimum absolute atomic E-state index is 0.0202. The Bertz CT molecular complexity index is 174. The van der Waals surface area contributed by atoms with Crippen LogP contribution in [0.3, 0.4) is 0 Å². The van der Waals surface area contributed by atoms with Gasteiger partial charge in [0.15, 0.2) is 0 Å². The molecule has 0 aromatic rings. The maximum atomic E-state index is 11.6. The summed E-state index contributed by atoms with van der Waals surface area (Å²) in [6.45, 7) is 3.23. The summed E-state index contributed by atoms with van der Waals surface area (Å²) >= 11 is 0. The zero-order valence-corrected chi connectivity index (χ0v) is 9.61. The van der Waals surface area contributed by atoms with Crippen molar-refractivity contribution in [3.8, 4) is 0 Å². The molecule has 5 nitrogen and oxygen atoms in total. The fraction of sp³-hybridized carbons (Fsp3) is 0.900. The van der Waals surface area contributed by atoms with Gasteiger partial charge >= 0.3 is 0 Å². The minimum Gasteiger partial charge on any atom is -0.395 e. The first-order valence-electron chi connectivity index (χ1n) is 5.25. The van der Waals surface area contributed by atoms with E-state index in [0.29, 0.717) is 32.5 Å². The molecular weight excluding hydrogens is 196 g/mol. The van der Waals surface area contributed by atoms with Gasteiger partial charge < -0.3 is 20.5 Å². The Labute approximate surface area is 91.2 Å². The number of carbonyl (C=O) groups excluding carboxylic acids is 1. The van der Waals surface area contributed by atoms with Gasteiger partial charge in [-0.2, -0.15) is 0 Å². The smallest absolute Gasteiger partial charge is 0.222 e. The highest BCUT2D eigenvalue weighted by Gasteiger charge is 2.12. The second kappa shape index (κ2) is 8.64. The molecule has 1 amide bonds. The molecule has 1 atom stereocenters. The Balaban J connectivity index is 3.92. The third kappa shape index (κ3) is 7.30. The van der Waals surface area contributed by atoms with Crippen molar-refractivity contribution in [3.63, 3.8) is 0 Å². The van der Waals surface area contributed by atoms with Gasteiger partial charge in [0.25, 0.3) is 0 Å². The SMILES string of the molecule is COCCN(CCO)C(=O)CCC(C)N. The highest BCUT2D eigenvalue weighted by molar-refractivity contribution is 5.76. The lowest BCUT2D eigenvalue weighted by atomic mass is 10.2. The molecule has 0 radical (unpaired) electrons. The fourth-order valence-corrected chi connectivity index (χ4v) is 1.19. The molecule has 5 heteroatoms. The Morgan fingerprint density at radius 1 is 1.53 bits per heavy atom. The first kappa shape index (κ1) is 14.3. The van der Waals surface area contributed by atoms with Crippen LogP contribution in [0.4, 0.5) is 0 Å². The molecule has 0 aliphatic rings. The summed E-state index contributed by atoms with van der Waals surface area (Å²) < 4.78 is 4.89. The molecule has 0 rings (SSSR count). The molecule has 0 saturated heterocycles. The van der Waals surface area contributed by atoms with Crippen molar-refractivity contribution in [3.05, 3.63) is 0 Å². The van der Waals surface area contributed by atoms with Crippen LogP contribution in [0.25, 0.3) is 0 Å². The monoisotopic (exact) mass is 218 g/mol. The molecular formula is C10H22N2O3. The van der Waals surface area contributed by atoms with Crippen LogP contribution < -0.4 is 5.73 Å². The van der Waals surface area contributed by atoms with Crippen molar-refractivity contribution >= 4 is 5.91 Å². The topological polar surface area (TPSA) is 75.8 Å². The van der Waals surface area contributed by atoms with E-state index >= 15 is 0 Å². The van der Waals surface area contributed by atoms with Gasteiger partial charge in [-0.25, -0.2) is 0 Å². The van der Waals surface area contributed by atoms with Gasteiger partial charge in [-0.05, 0) is 13.3 Å². The van der Waals surface area contributed by atoms with E-state index in [9.17, 15) is 4.79 Å². The van der Waals surface area contributed by atoms with E-state index in [1.165, 1.54) is 0 Å². The molecule has 0 spiro atoms. The van der Waals surface area contributed by atoms with Crippen molar-refractivity contribution < 1.29 is 14.6 Å². The van der Waals surface area contributed by atoms with Gasteiger partial charge in [0.05, 0.1) is 13.2 Å². The van der Waals surface area contributed by atoms with Crippen molar-refractivity contribution in [2.45, 2.75) is 25.8 Å². The fourth-order valence-electron chi connectivity index (χ4n) is 1.19. The van der Waals surface area contributed by atoms with Crippen molar-refractivity contribution in [2.24, 2.45) is 5.73 Å². The number of hydrogen-bond donors (Lipinski definition) is 2. The van der Waals surface area contributed by atoms with Crippen molar-refractivity contribution in [1.82, 2.24) is 4.90 Å². The minimum atomic E-state index is -0.0202. The Morgan fingerprint density at radius 2 is 2.20 bits per heavy atom. The molecule has 0 aromatic heterocycles. The van der Waals surface area contributed by atoms with E-state index in [4.69, 9.17) is 15.6 Å². The molecule has 0 aromatic carbocycles. The normalized spacial score (nSPS) is 12.5. The number of hydrogen-bond acceptors (Lipinski definition) is 4. The highest BCUT2D eigenvalue weighted by Crippen LogP contribution is 2.00. The standard InChI is InChI=1S/C10H22N2O3/c1-9(11)3-4-10(14)12(5-7-13)6-8-15-2/h9,13H,3-8,11H2,1-2H3. The summed E-state index contributed by atoms with van der Waals surface area (Å²) in [5.74, 6) is 0.0263. The van der Waals surface area contributed by atoms with E-state index < -0.39 is 0 Å². The maximum absolute atomic E-state index is 11.6. The van der Waals surface area contributed by atoms with Crippen molar-refractivity contribution in [2.75, 3.05) is 33.4 Å². The number of ether oxygens (including phenoxy) is 1. The summed E-state index contributed by atoms with van der Waals surface area (Å²) in [4.78, 5) is 13.3. The van der Waals surface area contributed by atoms with Crippen LogP contribution in [0.1, 0.15) is 19.8 Å². The second-order valence-electron chi connectivity index (χ2n) is 3.61. The molecule has 0 aliphatic heterocycles. The maximum Gasteiger partial charge on any atom is 0.222 e. The number of carbonyl (C=O) groups is 1. The van der Waals surface area contributed by atoms with Crippen LogP contribution in [0.15, 0.2) is 0 Å². The van der Waals surface area contributed by atoms with E-state index in [2.05, 4.69) is 0 Å². The van der Waals surface area contributed by atoms with Crippen LogP contribution in [0.2, 0.25) is 0 Å². The van der Waals surface area contributed by atoms with Gasteiger partial charge in [0.2, 0.25) is 5.91 Å². The molecule has 90 valence electrons. The number of aliphatic hydroxyl groups is 1. The second-order valence-corrected chi connectivity index (χ2v) is 3.61. The lowest BCUT2D eigenvalue weighted by Gasteiger charge is -2.21. The number of nitrogens with zero attached hydrogens (tertiary/aromatic N) is 1. The molecule has 0 fully saturated rings. The predicted octanol–water partition coefficient (Wildman–Crippen LogP) is -0.419. The zero-order valence-electron chi connectivity index (χ0n) is 9.61. The predicted molar refractivity (Wildman–Crippen MR) is 58.4 cm³/mol. The van der Waals surface area contributed by atoms with Gasteiger partial charge in [0.1, 0.15) is 0 Å². The van der Waals surface area contributed by atoms with Crippen LogP contribution >= 0.6 is 0 Å². The van der Waals surface area contributed by atoms with Crippen LogP contribution in [-0.4, -0.2) is 55.4 Å². The first-order valence-corrected chi connectivity index (χ1v) is 5.25. The van der Waals surface area contributed by atoms with E-state index in [1.54, 1.807) is 12.0 Å². The first-order chi connectivity index (χ1) is 7.11. The van der Waals surface area contributed by atoms with Gasteiger partial charge in [-0.3, -0.25) is 4.79 Å². The lowest BCUT2D eigenvalue weighted by Crippen LogP contribution is -2.36. The van der Waals surface area contributed by atoms with E-state index in [0.717, 1.165) is 0 Å². The van der Waals surface area contributed by atoms with Gasteiger partial charge in [-0.1, -0.05) is 0 Å². The third-order valence-electron chi connectivity index (χ3n) is 2.10. The van der Waals surface area contributed by atoms with Gasteiger partial charge in [0, 0.05) is 32.7 Å². The summed E-state index contributed by atoms with van der Waals surface area (Å²) in [5, 5.41) is 8.80. The quantitative estimate of drug-likeness (QED) is 0.580. The molecule has 1 unspecified atom stereocenters. The summed E-state index contributed by atoms with van der Waals surface area (Å²) in [5.41, 5.74) is 5.57. The van der Waals surface area contributed by atoms with Crippen LogP contribution in [0, 0.1) is 0 Å². The number of amides is 1. The van der Waals surface area contributed by atoms with Gasteiger partial charge in [-0.15, -0.1) is 0 Å². The molecule has 0 bridgehead atoms. The molecule has 3 N–H and O–H groups in total. The molecule has 0 saturated carbocycles. The number of aliphatic hydroxyl groups excluding tert-OH is 1. The Kier molecular flexibility index (Phi) is 8.27. The van der Waals surface area contributed by atoms with Crippen LogP contribution in [-0.2, 0) is 9.53 Å². The third-order valence-corrected chi connectivity index (χ3v) is 2.10. The number of rotatable bonds is 8. The Hall–Kier alpha value is -0.650. The summed E-state index contributed by atoms with van der Waals surface area (Å²) in [6, 6.07) is 0.0346. The van der Waals surface area contributed by atoms with E-state index in [1.807, 2.05) is 6.92 Å². The summed E-state index contributed by atoms with van der Waals surface area (Å²) in [6.07, 6.45) is 1.11. The Morgan fingerprint density at radius 3 is 2.67 bits per heavy atom. The lowest BCUT2D eigenvalue weighted by molar-refractivity contribution is -0.132. The van der Waals surface area contributed by atoms with Crippen LogP contribution in [0.5, 0.6) is 0 Å². The number of nitrogens with two attached hydrogens (primary N) is 1.